The fourth-order valence-electron chi connectivity index (χ4n) is 2.96. The number of aliphatic imine (C=N–C) groups is 1. The third-order valence-corrected chi connectivity index (χ3v) is 4.17. The molecule has 3 N–H and O–H groups in total. The Hall–Kier alpha value is -1.71. The lowest BCUT2D eigenvalue weighted by molar-refractivity contribution is 0.412. The number of hydrogen-bond donors (Lipinski definition) is 2. The van der Waals surface area contributed by atoms with E-state index in [1.165, 1.54) is 31.4 Å². The summed E-state index contributed by atoms with van der Waals surface area (Å²) in [5, 5.41) is 7.61. The topological polar surface area (TPSA) is 81.1 Å². The Kier molecular flexibility index (Phi) is 7.60. The SMILES string of the molecule is I.NC(=NCc1ncn(Cc2cccc(F)c2)n1)NC1CCCCC1. The number of guanidine groups is 1. The summed E-state index contributed by atoms with van der Waals surface area (Å²) in [6.45, 7) is 0.811. The van der Waals surface area contributed by atoms with Crippen molar-refractivity contribution in [3.63, 3.8) is 0 Å². The molecule has 0 spiro atoms. The average molecular weight is 458 g/mol. The Morgan fingerprint density at radius 1 is 1.32 bits per heavy atom. The lowest BCUT2D eigenvalue weighted by atomic mass is 9.96. The molecule has 6 nitrogen and oxygen atoms in total. The Morgan fingerprint density at radius 3 is 2.88 bits per heavy atom. The molecular formula is C17H24FIN6. The van der Waals surface area contributed by atoms with Gasteiger partial charge in [0.15, 0.2) is 11.8 Å². The molecule has 0 aliphatic heterocycles. The van der Waals surface area contributed by atoms with Crippen molar-refractivity contribution < 1.29 is 4.39 Å². The lowest BCUT2D eigenvalue weighted by Crippen LogP contribution is -2.41. The third-order valence-electron chi connectivity index (χ3n) is 4.17. The first-order valence-electron chi connectivity index (χ1n) is 8.38. The molecule has 1 heterocycles. The number of nitrogens with zero attached hydrogens (tertiary/aromatic N) is 4. The van der Waals surface area contributed by atoms with Crippen LogP contribution in [0, 0.1) is 5.82 Å². The van der Waals surface area contributed by atoms with Gasteiger partial charge in [-0.05, 0) is 30.5 Å². The van der Waals surface area contributed by atoms with Crippen LogP contribution >= 0.6 is 24.0 Å². The van der Waals surface area contributed by atoms with Crippen molar-refractivity contribution >= 4 is 29.9 Å². The van der Waals surface area contributed by atoms with E-state index in [1.54, 1.807) is 17.1 Å². The van der Waals surface area contributed by atoms with Crippen molar-refractivity contribution in [1.29, 1.82) is 0 Å². The summed E-state index contributed by atoms with van der Waals surface area (Å²) in [5.74, 6) is 0.794. The van der Waals surface area contributed by atoms with Crippen LogP contribution in [0.3, 0.4) is 0 Å². The van der Waals surface area contributed by atoms with E-state index in [0.29, 0.717) is 30.9 Å². The Balaban J connectivity index is 0.00000225. The van der Waals surface area contributed by atoms with E-state index >= 15 is 0 Å². The number of aromatic nitrogens is 3. The fourth-order valence-corrected chi connectivity index (χ4v) is 2.96. The normalized spacial score (nSPS) is 15.6. The van der Waals surface area contributed by atoms with Gasteiger partial charge in [0.05, 0.1) is 6.54 Å². The van der Waals surface area contributed by atoms with Crippen LogP contribution in [0.15, 0.2) is 35.6 Å². The molecule has 1 aliphatic carbocycles. The van der Waals surface area contributed by atoms with Crippen LogP contribution in [0.2, 0.25) is 0 Å². The highest BCUT2D eigenvalue weighted by atomic mass is 127. The number of rotatable bonds is 5. The maximum absolute atomic E-state index is 13.2. The number of benzene rings is 1. The van der Waals surface area contributed by atoms with E-state index in [1.807, 2.05) is 6.07 Å². The largest absolute Gasteiger partial charge is 0.370 e. The van der Waals surface area contributed by atoms with Crippen LogP contribution in [0.5, 0.6) is 0 Å². The van der Waals surface area contributed by atoms with Gasteiger partial charge in [-0.2, -0.15) is 5.10 Å². The van der Waals surface area contributed by atoms with E-state index in [4.69, 9.17) is 5.73 Å². The summed E-state index contributed by atoms with van der Waals surface area (Å²) in [5.41, 5.74) is 6.78. The standard InChI is InChI=1S/C17H23FN6.HI/c18-14-6-4-5-13(9-14)11-24-12-21-16(23-24)10-20-17(19)22-15-7-2-1-3-8-15;/h4-6,9,12,15H,1-3,7-8,10-11H2,(H3,19,20,22);1H. The molecule has 0 unspecified atom stereocenters. The van der Waals surface area contributed by atoms with Crippen molar-refractivity contribution in [3.8, 4) is 0 Å². The van der Waals surface area contributed by atoms with Crippen molar-refractivity contribution in [2.75, 3.05) is 0 Å². The molecule has 1 saturated carbocycles. The van der Waals surface area contributed by atoms with Crippen LogP contribution in [0.25, 0.3) is 0 Å². The first-order chi connectivity index (χ1) is 11.7. The van der Waals surface area contributed by atoms with Gasteiger partial charge in [0, 0.05) is 6.04 Å². The molecule has 0 bridgehead atoms. The molecule has 3 rings (SSSR count). The van der Waals surface area contributed by atoms with Crippen LogP contribution in [0.1, 0.15) is 43.5 Å². The van der Waals surface area contributed by atoms with E-state index in [0.717, 1.165) is 18.4 Å². The monoisotopic (exact) mass is 458 g/mol. The first kappa shape index (κ1) is 19.6. The van der Waals surface area contributed by atoms with Gasteiger partial charge < -0.3 is 11.1 Å². The Labute approximate surface area is 164 Å². The minimum Gasteiger partial charge on any atom is -0.370 e. The van der Waals surface area contributed by atoms with Gasteiger partial charge in [-0.15, -0.1) is 24.0 Å². The van der Waals surface area contributed by atoms with Crippen LogP contribution in [0.4, 0.5) is 4.39 Å². The summed E-state index contributed by atoms with van der Waals surface area (Å²) in [6.07, 6.45) is 7.73. The van der Waals surface area contributed by atoms with E-state index in [-0.39, 0.29) is 29.8 Å². The van der Waals surface area contributed by atoms with Gasteiger partial charge in [-0.25, -0.2) is 19.0 Å². The molecule has 1 aromatic heterocycles. The van der Waals surface area contributed by atoms with E-state index in [2.05, 4.69) is 20.4 Å². The summed E-state index contributed by atoms with van der Waals surface area (Å²) < 4.78 is 14.9. The maximum atomic E-state index is 13.2. The second-order valence-electron chi connectivity index (χ2n) is 6.17. The molecule has 8 heteroatoms. The van der Waals surface area contributed by atoms with Gasteiger partial charge in [0.2, 0.25) is 0 Å². The van der Waals surface area contributed by atoms with Crippen molar-refractivity contribution in [1.82, 2.24) is 20.1 Å². The number of halogens is 2. The number of hydrogen-bond acceptors (Lipinski definition) is 3. The quantitative estimate of drug-likeness (QED) is 0.410. The molecule has 1 aliphatic rings. The highest BCUT2D eigenvalue weighted by molar-refractivity contribution is 14.0. The summed E-state index contributed by atoms with van der Waals surface area (Å²) in [7, 11) is 0. The third kappa shape index (κ3) is 6.26. The van der Waals surface area contributed by atoms with Crippen LogP contribution in [-0.2, 0) is 13.1 Å². The van der Waals surface area contributed by atoms with Gasteiger partial charge in [0.25, 0.3) is 0 Å². The second-order valence-corrected chi connectivity index (χ2v) is 6.17. The second kappa shape index (κ2) is 9.69. The first-order valence-corrected chi connectivity index (χ1v) is 8.38. The van der Waals surface area contributed by atoms with E-state index in [9.17, 15) is 4.39 Å². The molecule has 0 atom stereocenters. The summed E-state index contributed by atoms with van der Waals surface area (Å²) in [6, 6.07) is 6.89. The van der Waals surface area contributed by atoms with Gasteiger partial charge >= 0.3 is 0 Å². The fraction of sp³-hybridized carbons (Fsp3) is 0.471. The highest BCUT2D eigenvalue weighted by Gasteiger charge is 2.13. The average Bonchev–Trinajstić information content (AvgIpc) is 3.01. The molecule has 0 radical (unpaired) electrons. The lowest BCUT2D eigenvalue weighted by Gasteiger charge is -2.23. The number of nitrogens with two attached hydrogens (primary N) is 1. The van der Waals surface area contributed by atoms with Crippen molar-refractivity contribution in [3.05, 3.63) is 47.8 Å². The predicted molar refractivity (Wildman–Crippen MR) is 106 cm³/mol. The predicted octanol–water partition coefficient (Wildman–Crippen LogP) is 2.82. The molecule has 1 fully saturated rings. The molecule has 1 aromatic carbocycles. The minimum absolute atomic E-state index is 0. The van der Waals surface area contributed by atoms with Gasteiger partial charge in [0.1, 0.15) is 18.7 Å². The molecule has 136 valence electrons. The van der Waals surface area contributed by atoms with Crippen LogP contribution in [-0.4, -0.2) is 26.8 Å². The zero-order valence-electron chi connectivity index (χ0n) is 14.1. The van der Waals surface area contributed by atoms with Crippen molar-refractivity contribution in [2.24, 2.45) is 10.7 Å². The maximum Gasteiger partial charge on any atom is 0.189 e. The van der Waals surface area contributed by atoms with Gasteiger partial charge in [-0.1, -0.05) is 31.4 Å². The Morgan fingerprint density at radius 2 is 2.12 bits per heavy atom. The molecule has 2 aromatic rings. The molecule has 0 saturated heterocycles. The molecule has 0 amide bonds. The minimum atomic E-state index is -0.251. The highest BCUT2D eigenvalue weighted by Crippen LogP contribution is 2.17. The smallest absolute Gasteiger partial charge is 0.189 e. The van der Waals surface area contributed by atoms with Crippen LogP contribution < -0.4 is 11.1 Å². The molecule has 25 heavy (non-hydrogen) atoms. The molecular weight excluding hydrogens is 434 g/mol. The van der Waals surface area contributed by atoms with Crippen molar-refractivity contribution in [2.45, 2.75) is 51.2 Å². The zero-order chi connectivity index (χ0) is 16.8. The summed E-state index contributed by atoms with van der Waals surface area (Å²) >= 11 is 0. The summed E-state index contributed by atoms with van der Waals surface area (Å²) in [4.78, 5) is 8.53. The number of nitrogens with one attached hydrogen (secondary N) is 1. The zero-order valence-corrected chi connectivity index (χ0v) is 16.4. The Bertz CT molecular complexity index is 696. The van der Waals surface area contributed by atoms with E-state index < -0.39 is 0 Å². The van der Waals surface area contributed by atoms with Gasteiger partial charge in [-0.3, -0.25) is 0 Å².